The zero-order chi connectivity index (χ0) is 31.0. The van der Waals surface area contributed by atoms with Crippen LogP contribution in [0, 0.1) is 11.4 Å². The summed E-state index contributed by atoms with van der Waals surface area (Å²) in [6.07, 6.45) is 14.9. The SMILES string of the molecule is C=S(=O)(c1cnn(C)c1)N(C1CC1)[C@H]1CCC2=Cc3c(cnn3-c3ccc(F)nc3)C[C@]2(C(=O)c2ncc(C(C)(C)C)s2)C1. The van der Waals surface area contributed by atoms with E-state index >= 15 is 0 Å². The third-order valence-corrected chi connectivity index (χ3v) is 12.8. The molecule has 12 heteroatoms. The van der Waals surface area contributed by atoms with Crippen molar-refractivity contribution in [2.45, 2.75) is 81.7 Å². The topological polar surface area (TPSA) is 98.8 Å². The van der Waals surface area contributed by atoms with Crippen LogP contribution in [0.1, 0.15) is 78.8 Å². The number of carbonyl (C=O) groups excluding carboxylic acids is 1. The van der Waals surface area contributed by atoms with E-state index in [4.69, 9.17) is 0 Å². The maximum absolute atomic E-state index is 14.8. The minimum absolute atomic E-state index is 0.00323. The van der Waals surface area contributed by atoms with Gasteiger partial charge in [-0.3, -0.25) is 9.48 Å². The summed E-state index contributed by atoms with van der Waals surface area (Å²) in [6, 6.07) is 3.01. The summed E-state index contributed by atoms with van der Waals surface area (Å²) in [5.74, 6) is 3.72. The van der Waals surface area contributed by atoms with Gasteiger partial charge in [-0.2, -0.15) is 14.6 Å². The van der Waals surface area contributed by atoms with Crippen LogP contribution in [0.15, 0.2) is 53.6 Å². The molecule has 0 N–H and O–H groups in total. The van der Waals surface area contributed by atoms with Crippen LogP contribution in [0.2, 0.25) is 0 Å². The lowest BCUT2D eigenvalue weighted by Crippen LogP contribution is -2.51. The number of hydrogen-bond acceptors (Lipinski definition) is 7. The van der Waals surface area contributed by atoms with Crippen molar-refractivity contribution in [3.63, 3.8) is 0 Å². The lowest BCUT2D eigenvalue weighted by Gasteiger charge is -2.47. The lowest BCUT2D eigenvalue weighted by atomic mass is 9.61. The molecule has 0 amide bonds. The largest absolute Gasteiger partial charge is 0.290 e. The summed E-state index contributed by atoms with van der Waals surface area (Å²) in [4.78, 5) is 25.0. The van der Waals surface area contributed by atoms with Crippen molar-refractivity contribution in [3.8, 4) is 5.69 Å². The molecule has 4 aromatic heterocycles. The molecule has 1 unspecified atom stereocenters. The molecule has 2 fully saturated rings. The highest BCUT2D eigenvalue weighted by Gasteiger charge is 2.53. The third kappa shape index (κ3) is 4.87. The van der Waals surface area contributed by atoms with Gasteiger partial charge in [0.1, 0.15) is 0 Å². The maximum Gasteiger partial charge on any atom is 0.212 e. The summed E-state index contributed by atoms with van der Waals surface area (Å²) in [7, 11) is -1.02. The van der Waals surface area contributed by atoms with Crippen molar-refractivity contribution in [1.82, 2.24) is 33.8 Å². The van der Waals surface area contributed by atoms with Gasteiger partial charge in [-0.05, 0) is 73.6 Å². The molecule has 44 heavy (non-hydrogen) atoms. The molecule has 7 rings (SSSR count). The Hall–Kier alpha value is -3.48. The second-order valence-corrected chi connectivity index (χ2v) is 16.5. The second kappa shape index (κ2) is 10.3. The van der Waals surface area contributed by atoms with Crippen molar-refractivity contribution < 1.29 is 13.4 Å². The summed E-state index contributed by atoms with van der Waals surface area (Å²) >= 11 is 1.46. The molecule has 230 valence electrons. The van der Waals surface area contributed by atoms with E-state index in [1.807, 2.05) is 13.2 Å². The number of ketones is 1. The van der Waals surface area contributed by atoms with E-state index in [1.165, 1.54) is 23.6 Å². The Balaban J connectivity index is 1.32. The third-order valence-electron chi connectivity index (χ3n) is 9.12. The number of thiazole rings is 1. The van der Waals surface area contributed by atoms with Crippen LogP contribution in [0.5, 0.6) is 0 Å². The predicted molar refractivity (Wildman–Crippen MR) is 170 cm³/mol. The number of pyridine rings is 1. The zero-order valence-electron chi connectivity index (χ0n) is 25.4. The molecule has 3 atom stereocenters. The van der Waals surface area contributed by atoms with Crippen LogP contribution in [0.25, 0.3) is 11.8 Å². The number of aromatic nitrogens is 6. The Morgan fingerprint density at radius 1 is 1.11 bits per heavy atom. The van der Waals surface area contributed by atoms with Gasteiger partial charge < -0.3 is 0 Å². The van der Waals surface area contributed by atoms with Gasteiger partial charge in [0, 0.05) is 36.4 Å². The minimum atomic E-state index is -2.83. The predicted octanol–water partition coefficient (Wildman–Crippen LogP) is 5.41. The van der Waals surface area contributed by atoms with Gasteiger partial charge in [-0.15, -0.1) is 11.3 Å². The van der Waals surface area contributed by atoms with Gasteiger partial charge in [0.05, 0.1) is 50.0 Å². The van der Waals surface area contributed by atoms with Crippen LogP contribution < -0.4 is 0 Å². The standard InChI is InChI=1S/C32H36FN7O2S2/c1-31(2,3)27-18-35-30(43-27)29(41)32-13-20-15-37-39(24-10-11-28(33)34-16-24)26(20)12-21(32)6-7-23(14-32)40(22-8-9-22)44(5,42)25-17-36-38(4)19-25/h10-12,15-19,22-23H,5-9,13-14H2,1-4H3/t23-,32-,44?/m0/s1. The smallest absolute Gasteiger partial charge is 0.212 e. The van der Waals surface area contributed by atoms with Crippen LogP contribution in [-0.4, -0.2) is 61.8 Å². The van der Waals surface area contributed by atoms with Crippen molar-refractivity contribution in [2.24, 2.45) is 12.5 Å². The molecule has 0 saturated heterocycles. The number of rotatable bonds is 7. The van der Waals surface area contributed by atoms with Crippen LogP contribution >= 0.6 is 11.3 Å². The number of fused-ring (bicyclic) bond motifs is 2. The lowest BCUT2D eigenvalue weighted by molar-refractivity contribution is 0.0741. The number of aryl methyl sites for hydroxylation is 1. The molecule has 9 nitrogen and oxygen atoms in total. The fourth-order valence-electron chi connectivity index (χ4n) is 6.72. The number of nitrogens with zero attached hydrogens (tertiary/aromatic N) is 7. The molecule has 4 heterocycles. The van der Waals surface area contributed by atoms with E-state index in [0.717, 1.165) is 41.0 Å². The fraction of sp³-hybridized carbons (Fsp3) is 0.438. The maximum atomic E-state index is 14.8. The van der Waals surface area contributed by atoms with Crippen molar-refractivity contribution in [1.29, 1.82) is 0 Å². The Kier molecular flexibility index (Phi) is 6.83. The van der Waals surface area contributed by atoms with Crippen LogP contribution in [0.4, 0.5) is 4.39 Å². The van der Waals surface area contributed by atoms with Gasteiger partial charge in [-0.25, -0.2) is 23.2 Å². The molecule has 0 bridgehead atoms. The Labute approximate surface area is 261 Å². The Morgan fingerprint density at radius 2 is 1.91 bits per heavy atom. The first-order valence-corrected chi connectivity index (χ1v) is 17.4. The van der Waals surface area contributed by atoms with Crippen LogP contribution in [0.3, 0.4) is 0 Å². The summed E-state index contributed by atoms with van der Waals surface area (Å²) in [5, 5.41) is 9.42. The van der Waals surface area contributed by atoms with Gasteiger partial charge >= 0.3 is 0 Å². The number of allylic oxidation sites excluding steroid dienone is 1. The normalized spacial score (nSPS) is 23.1. The van der Waals surface area contributed by atoms with Gasteiger partial charge in [0.15, 0.2) is 5.01 Å². The average molecular weight is 634 g/mol. The van der Waals surface area contributed by atoms with E-state index in [0.29, 0.717) is 34.9 Å². The summed E-state index contributed by atoms with van der Waals surface area (Å²) < 4.78 is 33.6. The molecular formula is C32H36FN7O2S2. The van der Waals surface area contributed by atoms with Crippen molar-refractivity contribution >= 4 is 38.8 Å². The molecular weight excluding hydrogens is 598 g/mol. The highest BCUT2D eigenvalue weighted by atomic mass is 32.2. The molecule has 0 aliphatic heterocycles. The fourth-order valence-corrected chi connectivity index (χ4v) is 9.86. The molecule has 0 spiro atoms. The Morgan fingerprint density at radius 3 is 2.55 bits per heavy atom. The zero-order valence-corrected chi connectivity index (χ0v) is 27.0. The number of halogens is 1. The number of Topliss-reactive ketones (excluding diaryl/α,β-unsaturated/α-hetero) is 1. The molecule has 4 aromatic rings. The number of carbonyl (C=O) groups is 1. The van der Waals surface area contributed by atoms with E-state index in [9.17, 15) is 13.4 Å². The number of hydrogen-bond donors (Lipinski definition) is 0. The first-order chi connectivity index (χ1) is 20.9. The van der Waals surface area contributed by atoms with E-state index in [2.05, 4.69) is 57.2 Å². The van der Waals surface area contributed by atoms with Crippen molar-refractivity contribution in [3.05, 3.63) is 75.8 Å². The second-order valence-electron chi connectivity index (χ2n) is 13.3. The minimum Gasteiger partial charge on any atom is -0.290 e. The highest BCUT2D eigenvalue weighted by molar-refractivity contribution is 7.98. The van der Waals surface area contributed by atoms with Crippen molar-refractivity contribution in [2.75, 3.05) is 0 Å². The summed E-state index contributed by atoms with van der Waals surface area (Å²) in [6.45, 7) is 6.37. The first-order valence-electron chi connectivity index (χ1n) is 14.9. The molecule has 3 aliphatic carbocycles. The van der Waals surface area contributed by atoms with E-state index < -0.39 is 21.1 Å². The monoisotopic (exact) mass is 633 g/mol. The van der Waals surface area contributed by atoms with E-state index in [1.54, 1.807) is 34.0 Å². The molecule has 0 radical (unpaired) electrons. The van der Waals surface area contributed by atoms with Gasteiger partial charge in [-0.1, -0.05) is 26.3 Å². The summed E-state index contributed by atoms with van der Waals surface area (Å²) in [5.41, 5.74) is 2.50. The van der Waals surface area contributed by atoms with E-state index in [-0.39, 0.29) is 23.3 Å². The average Bonchev–Trinajstić information content (AvgIpc) is 3.34. The quantitative estimate of drug-likeness (QED) is 0.153. The highest BCUT2D eigenvalue weighted by Crippen LogP contribution is 2.53. The Bertz CT molecular complexity index is 1890. The molecule has 3 aliphatic rings. The molecule has 0 aromatic carbocycles. The van der Waals surface area contributed by atoms with Gasteiger partial charge in [0.25, 0.3) is 0 Å². The molecule has 2 saturated carbocycles. The van der Waals surface area contributed by atoms with Crippen LogP contribution in [-0.2, 0) is 28.6 Å². The first kappa shape index (κ1) is 29.2. The van der Waals surface area contributed by atoms with Gasteiger partial charge in [0.2, 0.25) is 11.7 Å².